The highest BCUT2D eigenvalue weighted by Gasteiger charge is 2.30. The first-order valence-corrected chi connectivity index (χ1v) is 11.9. The van der Waals surface area contributed by atoms with Crippen molar-refractivity contribution in [1.29, 1.82) is 0 Å². The van der Waals surface area contributed by atoms with Gasteiger partial charge < -0.3 is 10.6 Å². The molecule has 184 valence electrons. The molecule has 1 heterocycles. The smallest absolute Gasteiger partial charge is 0.231 e. The van der Waals surface area contributed by atoms with Crippen LogP contribution in [0.5, 0.6) is 0 Å². The van der Waals surface area contributed by atoms with Crippen LogP contribution >= 0.6 is 11.6 Å². The molecule has 0 aromatic heterocycles. The standard InChI is InChI=1S/C25H31ClF2N4O2/c1-2-30(17-24(29)33)16-23(21-9-8-20(27)15-22(21)28)31-11-13-32(14-12-31)25(34)10-5-18-3-6-19(26)7-4-18/h3-4,6-9,15,23H,2,5,10-14,16-17H2,1H3,(H2,29,33). The van der Waals surface area contributed by atoms with Crippen LogP contribution in [-0.4, -0.2) is 72.3 Å². The zero-order chi connectivity index (χ0) is 24.7. The molecule has 3 rings (SSSR count). The number of aryl methyl sites for hydroxylation is 1. The predicted octanol–water partition coefficient (Wildman–Crippen LogP) is 3.24. The third-order valence-electron chi connectivity index (χ3n) is 6.23. The molecule has 2 aromatic carbocycles. The van der Waals surface area contributed by atoms with Crippen LogP contribution in [0.15, 0.2) is 42.5 Å². The summed E-state index contributed by atoms with van der Waals surface area (Å²) in [6.45, 7) is 5.00. The van der Waals surface area contributed by atoms with Crippen LogP contribution in [0.4, 0.5) is 8.78 Å². The Balaban J connectivity index is 1.65. The molecule has 6 nitrogen and oxygen atoms in total. The van der Waals surface area contributed by atoms with Crippen molar-refractivity contribution in [1.82, 2.24) is 14.7 Å². The number of nitrogens with two attached hydrogens (primary N) is 1. The van der Waals surface area contributed by atoms with Crippen molar-refractivity contribution in [3.8, 4) is 0 Å². The highest BCUT2D eigenvalue weighted by Crippen LogP contribution is 2.27. The molecule has 0 saturated carbocycles. The maximum absolute atomic E-state index is 14.7. The van der Waals surface area contributed by atoms with Gasteiger partial charge in [-0.2, -0.15) is 0 Å². The van der Waals surface area contributed by atoms with E-state index in [9.17, 15) is 18.4 Å². The maximum atomic E-state index is 14.7. The topological polar surface area (TPSA) is 69.9 Å². The van der Waals surface area contributed by atoms with E-state index in [-0.39, 0.29) is 12.5 Å². The molecule has 1 atom stereocenters. The second-order valence-electron chi connectivity index (χ2n) is 8.52. The van der Waals surface area contributed by atoms with Gasteiger partial charge in [0.05, 0.1) is 12.6 Å². The summed E-state index contributed by atoms with van der Waals surface area (Å²) in [6, 6.07) is 10.6. The lowest BCUT2D eigenvalue weighted by atomic mass is 10.0. The molecule has 0 radical (unpaired) electrons. The minimum atomic E-state index is -0.638. The molecule has 0 bridgehead atoms. The van der Waals surface area contributed by atoms with Gasteiger partial charge in [-0.25, -0.2) is 8.78 Å². The number of hydrogen-bond acceptors (Lipinski definition) is 4. The average Bonchev–Trinajstić information content (AvgIpc) is 2.81. The molecule has 1 unspecified atom stereocenters. The van der Waals surface area contributed by atoms with Gasteiger partial charge in [-0.05, 0) is 36.7 Å². The highest BCUT2D eigenvalue weighted by molar-refractivity contribution is 6.30. The van der Waals surface area contributed by atoms with E-state index in [4.69, 9.17) is 17.3 Å². The van der Waals surface area contributed by atoms with Gasteiger partial charge in [-0.15, -0.1) is 0 Å². The summed E-state index contributed by atoms with van der Waals surface area (Å²) < 4.78 is 28.2. The summed E-state index contributed by atoms with van der Waals surface area (Å²) >= 11 is 5.91. The van der Waals surface area contributed by atoms with Crippen molar-refractivity contribution in [3.05, 3.63) is 70.2 Å². The van der Waals surface area contributed by atoms with Crippen molar-refractivity contribution in [3.63, 3.8) is 0 Å². The van der Waals surface area contributed by atoms with Gasteiger partial charge in [-0.1, -0.05) is 36.7 Å². The van der Waals surface area contributed by atoms with E-state index < -0.39 is 23.6 Å². The minimum absolute atomic E-state index is 0.0545. The van der Waals surface area contributed by atoms with Crippen molar-refractivity contribution in [2.45, 2.75) is 25.8 Å². The quantitative estimate of drug-likeness (QED) is 0.553. The SMILES string of the molecule is CCN(CC(N)=O)CC(c1ccc(F)cc1F)N1CCN(C(=O)CCc2ccc(Cl)cc2)CC1. The van der Waals surface area contributed by atoms with Crippen LogP contribution < -0.4 is 5.73 Å². The highest BCUT2D eigenvalue weighted by atomic mass is 35.5. The normalized spacial score (nSPS) is 15.5. The summed E-state index contributed by atoms with van der Waals surface area (Å²) in [6.07, 6.45) is 1.04. The third kappa shape index (κ3) is 7.22. The fourth-order valence-corrected chi connectivity index (χ4v) is 4.42. The van der Waals surface area contributed by atoms with Crippen molar-refractivity contribution in [2.75, 3.05) is 45.8 Å². The predicted molar refractivity (Wildman–Crippen MR) is 128 cm³/mol. The Morgan fingerprint density at radius 2 is 1.76 bits per heavy atom. The number of piperazine rings is 1. The summed E-state index contributed by atoms with van der Waals surface area (Å²) in [5.41, 5.74) is 6.79. The number of amides is 2. The zero-order valence-electron chi connectivity index (χ0n) is 19.4. The molecule has 2 N–H and O–H groups in total. The first-order chi connectivity index (χ1) is 16.3. The van der Waals surface area contributed by atoms with Crippen molar-refractivity contribution >= 4 is 23.4 Å². The Bertz CT molecular complexity index is 981. The first-order valence-electron chi connectivity index (χ1n) is 11.5. The molecule has 1 saturated heterocycles. The second-order valence-corrected chi connectivity index (χ2v) is 8.96. The molecule has 34 heavy (non-hydrogen) atoms. The van der Waals surface area contributed by atoms with E-state index in [1.165, 1.54) is 12.1 Å². The summed E-state index contributed by atoms with van der Waals surface area (Å²) in [7, 11) is 0. The number of rotatable bonds is 10. The largest absolute Gasteiger partial charge is 0.369 e. The van der Waals surface area contributed by atoms with Crippen LogP contribution in [0.3, 0.4) is 0 Å². The van der Waals surface area contributed by atoms with E-state index in [1.54, 1.807) is 0 Å². The molecule has 1 aliphatic rings. The molecule has 9 heteroatoms. The van der Waals surface area contributed by atoms with E-state index in [1.807, 2.05) is 41.0 Å². The molecule has 0 aliphatic carbocycles. The van der Waals surface area contributed by atoms with Gasteiger partial charge in [-0.3, -0.25) is 19.4 Å². The molecule has 2 amide bonds. The van der Waals surface area contributed by atoms with E-state index >= 15 is 0 Å². The maximum Gasteiger partial charge on any atom is 0.231 e. The summed E-state index contributed by atoms with van der Waals surface area (Å²) in [4.78, 5) is 30.0. The minimum Gasteiger partial charge on any atom is -0.369 e. The molecule has 1 fully saturated rings. The molecule has 2 aromatic rings. The third-order valence-corrected chi connectivity index (χ3v) is 6.48. The Morgan fingerprint density at radius 1 is 1.09 bits per heavy atom. The van der Waals surface area contributed by atoms with Crippen LogP contribution in [0.1, 0.15) is 30.5 Å². The van der Waals surface area contributed by atoms with Gasteiger partial charge in [0, 0.05) is 55.8 Å². The number of likely N-dealkylation sites (N-methyl/N-ethyl adjacent to an activating group) is 1. The van der Waals surface area contributed by atoms with Gasteiger partial charge in [0.2, 0.25) is 11.8 Å². The molecule has 0 spiro atoms. The number of benzene rings is 2. The Hall–Kier alpha value is -2.55. The zero-order valence-corrected chi connectivity index (χ0v) is 20.1. The van der Waals surface area contributed by atoms with Gasteiger partial charge in [0.25, 0.3) is 0 Å². The lowest BCUT2D eigenvalue weighted by Gasteiger charge is -2.41. The summed E-state index contributed by atoms with van der Waals surface area (Å²) in [5, 5.41) is 0.663. The number of carbonyl (C=O) groups is 2. The Kier molecular flexibility index (Phi) is 9.38. The lowest BCUT2D eigenvalue weighted by Crippen LogP contribution is -2.52. The van der Waals surface area contributed by atoms with Gasteiger partial charge in [0.1, 0.15) is 11.6 Å². The van der Waals surface area contributed by atoms with Crippen molar-refractivity contribution < 1.29 is 18.4 Å². The van der Waals surface area contributed by atoms with E-state index in [0.29, 0.717) is 62.7 Å². The monoisotopic (exact) mass is 492 g/mol. The Labute approximate surface area is 204 Å². The number of halogens is 3. The van der Waals surface area contributed by atoms with Crippen LogP contribution in [0.2, 0.25) is 5.02 Å². The Morgan fingerprint density at radius 3 is 2.35 bits per heavy atom. The van der Waals surface area contributed by atoms with Crippen LogP contribution in [0, 0.1) is 11.6 Å². The van der Waals surface area contributed by atoms with Gasteiger partial charge >= 0.3 is 0 Å². The van der Waals surface area contributed by atoms with Crippen molar-refractivity contribution in [2.24, 2.45) is 5.73 Å². The number of primary amides is 1. The average molecular weight is 493 g/mol. The first kappa shape index (κ1) is 26.1. The fraction of sp³-hybridized carbons (Fsp3) is 0.440. The number of hydrogen-bond donors (Lipinski definition) is 1. The van der Waals surface area contributed by atoms with Crippen LogP contribution in [0.25, 0.3) is 0 Å². The molecular weight excluding hydrogens is 462 g/mol. The van der Waals surface area contributed by atoms with Crippen LogP contribution in [-0.2, 0) is 16.0 Å². The molecule has 1 aliphatic heterocycles. The number of carbonyl (C=O) groups excluding carboxylic acids is 2. The van der Waals surface area contributed by atoms with E-state index in [2.05, 4.69) is 4.90 Å². The molecular formula is C25H31ClF2N4O2. The van der Waals surface area contributed by atoms with E-state index in [0.717, 1.165) is 11.6 Å². The fourth-order valence-electron chi connectivity index (χ4n) is 4.30. The lowest BCUT2D eigenvalue weighted by molar-refractivity contribution is -0.133. The second kappa shape index (κ2) is 12.2. The van der Waals surface area contributed by atoms with Gasteiger partial charge in [0.15, 0.2) is 0 Å². The number of nitrogens with zero attached hydrogens (tertiary/aromatic N) is 3. The summed E-state index contributed by atoms with van der Waals surface area (Å²) in [5.74, 6) is -1.65.